The highest BCUT2D eigenvalue weighted by molar-refractivity contribution is 8.03. The number of ketones is 1. The second-order valence-corrected chi connectivity index (χ2v) is 11.0. The Morgan fingerprint density at radius 1 is 1.19 bits per heavy atom. The number of carbonyl (C=O) groups excluding carboxylic acids is 2. The molecule has 2 N–H and O–H groups in total. The van der Waals surface area contributed by atoms with Crippen molar-refractivity contribution in [3.8, 4) is 11.8 Å². The summed E-state index contributed by atoms with van der Waals surface area (Å²) in [6.45, 7) is 6.61. The van der Waals surface area contributed by atoms with Crippen LogP contribution in [0.3, 0.4) is 0 Å². The molecule has 0 saturated heterocycles. The number of hydrogen-bond acceptors (Lipinski definition) is 6. The molecule has 0 bridgehead atoms. The molecule has 36 heavy (non-hydrogen) atoms. The van der Waals surface area contributed by atoms with Gasteiger partial charge in [-0.25, -0.2) is 0 Å². The van der Waals surface area contributed by atoms with Gasteiger partial charge in [-0.05, 0) is 60.7 Å². The number of ether oxygens (including phenoxy) is 1. The van der Waals surface area contributed by atoms with Crippen molar-refractivity contribution >= 4 is 40.7 Å². The molecule has 1 heterocycles. The monoisotopic (exact) mass is 521 g/mol. The van der Waals surface area contributed by atoms with Crippen LogP contribution in [0.1, 0.15) is 45.1 Å². The molecule has 2 aromatic carbocycles. The highest BCUT2D eigenvalue weighted by atomic mass is 35.5. The van der Waals surface area contributed by atoms with Crippen molar-refractivity contribution in [3.63, 3.8) is 0 Å². The van der Waals surface area contributed by atoms with Gasteiger partial charge in [0.2, 0.25) is 5.91 Å². The van der Waals surface area contributed by atoms with Crippen molar-refractivity contribution in [2.75, 3.05) is 17.7 Å². The highest BCUT2D eigenvalue weighted by Crippen LogP contribution is 2.47. The Morgan fingerprint density at radius 3 is 2.53 bits per heavy atom. The van der Waals surface area contributed by atoms with E-state index in [1.165, 1.54) is 11.8 Å². The normalized spacial score (nSPS) is 18.8. The molecule has 8 heteroatoms. The Labute approximate surface area is 220 Å². The van der Waals surface area contributed by atoms with E-state index in [0.29, 0.717) is 46.3 Å². The maximum atomic E-state index is 13.3. The molecule has 2 aromatic rings. The number of carbonyl (C=O) groups is 2. The van der Waals surface area contributed by atoms with Crippen LogP contribution >= 0.6 is 23.4 Å². The fraction of sp³-hybridized carbons (Fsp3) is 0.321. The molecule has 0 spiro atoms. The number of dihydropyridines is 1. The Bertz CT molecular complexity index is 1270. The lowest BCUT2D eigenvalue weighted by Gasteiger charge is -2.39. The zero-order valence-electron chi connectivity index (χ0n) is 20.5. The zero-order chi connectivity index (χ0) is 25.9. The van der Waals surface area contributed by atoms with Crippen LogP contribution in [0.25, 0.3) is 0 Å². The highest BCUT2D eigenvalue weighted by Gasteiger charge is 2.41. The van der Waals surface area contributed by atoms with E-state index < -0.39 is 5.92 Å². The third kappa shape index (κ3) is 5.77. The lowest BCUT2D eigenvalue weighted by atomic mass is 9.69. The molecule has 0 aromatic heterocycles. The quantitative estimate of drug-likeness (QED) is 0.452. The van der Waals surface area contributed by atoms with Crippen LogP contribution in [0.5, 0.6) is 5.75 Å². The molecule has 1 atom stereocenters. The fourth-order valence-corrected chi connectivity index (χ4v) is 5.60. The molecule has 2 aliphatic rings. The van der Waals surface area contributed by atoms with Crippen LogP contribution in [-0.2, 0) is 9.59 Å². The van der Waals surface area contributed by atoms with Crippen LogP contribution in [0, 0.1) is 16.7 Å². The number of halogens is 1. The Kier molecular flexibility index (Phi) is 7.77. The summed E-state index contributed by atoms with van der Waals surface area (Å²) < 4.78 is 5.44. The molecule has 0 saturated carbocycles. The van der Waals surface area contributed by atoms with E-state index in [-0.39, 0.29) is 22.9 Å². The fourth-order valence-electron chi connectivity index (χ4n) is 4.61. The van der Waals surface area contributed by atoms with E-state index in [4.69, 9.17) is 16.3 Å². The predicted molar refractivity (Wildman–Crippen MR) is 144 cm³/mol. The molecule has 6 nitrogen and oxygen atoms in total. The average Bonchev–Trinajstić information content (AvgIpc) is 2.83. The number of nitrogens with one attached hydrogen (secondary N) is 2. The van der Waals surface area contributed by atoms with Gasteiger partial charge < -0.3 is 15.4 Å². The van der Waals surface area contributed by atoms with Gasteiger partial charge in [0.25, 0.3) is 0 Å². The van der Waals surface area contributed by atoms with E-state index in [1.54, 1.807) is 36.4 Å². The first-order chi connectivity index (χ1) is 17.2. The number of rotatable bonds is 7. The Morgan fingerprint density at radius 2 is 1.89 bits per heavy atom. The van der Waals surface area contributed by atoms with Gasteiger partial charge in [-0.1, -0.05) is 49.3 Å². The summed E-state index contributed by atoms with van der Waals surface area (Å²) in [7, 11) is 0. The maximum absolute atomic E-state index is 13.3. The summed E-state index contributed by atoms with van der Waals surface area (Å²) >= 11 is 7.37. The summed E-state index contributed by atoms with van der Waals surface area (Å²) in [4.78, 5) is 26.0. The van der Waals surface area contributed by atoms with Crippen molar-refractivity contribution in [2.45, 2.75) is 39.5 Å². The summed E-state index contributed by atoms with van der Waals surface area (Å²) in [5, 5.41) is 17.6. The van der Waals surface area contributed by atoms with Gasteiger partial charge >= 0.3 is 0 Å². The topological polar surface area (TPSA) is 91.2 Å². The maximum Gasteiger partial charge on any atom is 0.234 e. The molecule has 4 rings (SSSR count). The number of hydrogen-bond donors (Lipinski definition) is 2. The number of thioether (sulfide) groups is 1. The number of allylic oxidation sites excluding steroid dienone is 3. The largest absolute Gasteiger partial charge is 0.494 e. The van der Waals surface area contributed by atoms with Gasteiger partial charge in [0, 0.05) is 28.4 Å². The number of nitriles is 1. The van der Waals surface area contributed by atoms with Crippen molar-refractivity contribution < 1.29 is 14.3 Å². The summed E-state index contributed by atoms with van der Waals surface area (Å²) in [5.74, 6) is 0.192. The minimum Gasteiger partial charge on any atom is -0.494 e. The minimum atomic E-state index is -0.496. The standard InChI is InChI=1S/C28H28ClN3O3S/c1-4-35-20-11-9-19(10-12-20)31-24(34)16-36-27-21(15-30)25(17-5-7-18(29)8-6-17)26-22(32-27)13-28(2,3)14-23(26)33/h5-12,25,32H,4,13-14,16H2,1-3H3,(H,31,34). The molecule has 1 amide bonds. The molecule has 0 fully saturated rings. The van der Waals surface area contributed by atoms with E-state index in [2.05, 4.69) is 30.6 Å². The SMILES string of the molecule is CCOc1ccc(NC(=O)CSC2=C(C#N)C(c3ccc(Cl)cc3)C3=C(CC(C)(C)CC3=O)N2)cc1. The minimum absolute atomic E-state index is 0.0405. The van der Waals surface area contributed by atoms with E-state index >= 15 is 0 Å². The molecule has 0 radical (unpaired) electrons. The number of benzene rings is 2. The molecule has 186 valence electrons. The van der Waals surface area contributed by atoms with Crippen molar-refractivity contribution in [1.82, 2.24) is 5.32 Å². The van der Waals surface area contributed by atoms with Gasteiger partial charge in [-0.2, -0.15) is 5.26 Å². The molecular formula is C28H28ClN3O3S. The van der Waals surface area contributed by atoms with Gasteiger partial charge in [-0.15, -0.1) is 0 Å². The molecule has 1 unspecified atom stereocenters. The summed E-state index contributed by atoms with van der Waals surface area (Å²) in [6.07, 6.45) is 1.10. The van der Waals surface area contributed by atoms with Crippen molar-refractivity contribution in [3.05, 3.63) is 81.0 Å². The number of Topliss-reactive ketones (excluding diaryl/α,β-unsaturated/α-hetero) is 1. The average molecular weight is 522 g/mol. The zero-order valence-corrected chi connectivity index (χ0v) is 22.1. The molecule has 1 aliphatic heterocycles. The van der Waals surface area contributed by atoms with Crippen molar-refractivity contribution in [1.29, 1.82) is 5.26 Å². The second-order valence-electron chi connectivity index (χ2n) is 9.59. The van der Waals surface area contributed by atoms with Crippen LogP contribution in [-0.4, -0.2) is 24.1 Å². The lowest BCUT2D eigenvalue weighted by molar-refractivity contribution is -0.118. The lowest BCUT2D eigenvalue weighted by Crippen LogP contribution is -2.37. The number of nitrogens with zero attached hydrogens (tertiary/aromatic N) is 1. The first-order valence-electron chi connectivity index (χ1n) is 11.8. The van der Waals surface area contributed by atoms with E-state index in [9.17, 15) is 14.9 Å². The predicted octanol–water partition coefficient (Wildman–Crippen LogP) is 6.18. The first-order valence-corrected chi connectivity index (χ1v) is 13.2. The van der Waals surface area contributed by atoms with Crippen LogP contribution in [0.2, 0.25) is 5.02 Å². The van der Waals surface area contributed by atoms with Crippen LogP contribution in [0.4, 0.5) is 5.69 Å². The van der Waals surface area contributed by atoms with Gasteiger partial charge in [0.15, 0.2) is 5.78 Å². The molecule has 1 aliphatic carbocycles. The first kappa shape index (κ1) is 25.9. The third-order valence-corrected chi connectivity index (χ3v) is 7.40. The van der Waals surface area contributed by atoms with Gasteiger partial charge in [0.05, 0.1) is 34.9 Å². The second kappa shape index (κ2) is 10.8. The molecular weight excluding hydrogens is 494 g/mol. The number of anilines is 1. The smallest absolute Gasteiger partial charge is 0.234 e. The van der Waals surface area contributed by atoms with E-state index in [1.807, 2.05) is 19.1 Å². The van der Waals surface area contributed by atoms with Crippen molar-refractivity contribution in [2.24, 2.45) is 5.41 Å². The van der Waals surface area contributed by atoms with Gasteiger partial charge in [-0.3, -0.25) is 9.59 Å². The number of amides is 1. The van der Waals surface area contributed by atoms with Gasteiger partial charge in [0.1, 0.15) is 5.75 Å². The summed E-state index contributed by atoms with van der Waals surface area (Å²) in [6, 6.07) is 16.7. The Balaban J connectivity index is 1.59. The van der Waals surface area contributed by atoms with Crippen LogP contribution < -0.4 is 15.4 Å². The van der Waals surface area contributed by atoms with E-state index in [0.717, 1.165) is 17.0 Å². The summed E-state index contributed by atoms with van der Waals surface area (Å²) in [5.41, 5.74) is 3.19. The third-order valence-electron chi connectivity index (χ3n) is 6.13. The van der Waals surface area contributed by atoms with Crippen LogP contribution in [0.15, 0.2) is 70.4 Å². The Hall–Kier alpha value is -3.21.